The van der Waals surface area contributed by atoms with E-state index in [1.165, 1.54) is 5.56 Å². The fraction of sp³-hybridized carbons (Fsp3) is 0.440. The molecule has 30 heavy (non-hydrogen) atoms. The van der Waals surface area contributed by atoms with E-state index in [1.807, 2.05) is 49.9 Å². The zero-order valence-electron chi connectivity index (χ0n) is 18.3. The van der Waals surface area contributed by atoms with Gasteiger partial charge in [0.25, 0.3) is 5.91 Å². The Hall–Kier alpha value is -2.66. The van der Waals surface area contributed by atoms with E-state index in [4.69, 9.17) is 0 Å². The standard InChI is InChI=1S/C25H33N3O2/c1-19(2)23(26-24(29)22-12-8-7-9-20(22)3)25(30)28-17-15-27(16-18-28)14-13-21-10-5-4-6-11-21/h4-12,19,23H,13-18H2,1-3H3,(H,26,29)/t23-/m0/s1. The molecule has 5 nitrogen and oxygen atoms in total. The maximum atomic E-state index is 13.2. The van der Waals surface area contributed by atoms with E-state index in [-0.39, 0.29) is 17.7 Å². The minimum absolute atomic E-state index is 0.0228. The highest BCUT2D eigenvalue weighted by molar-refractivity contribution is 5.98. The number of benzene rings is 2. The number of nitrogens with one attached hydrogen (secondary N) is 1. The molecule has 1 aliphatic heterocycles. The summed E-state index contributed by atoms with van der Waals surface area (Å²) in [7, 11) is 0. The van der Waals surface area contributed by atoms with E-state index >= 15 is 0 Å². The molecule has 2 aromatic rings. The van der Waals surface area contributed by atoms with E-state index in [1.54, 1.807) is 6.07 Å². The lowest BCUT2D eigenvalue weighted by Crippen LogP contribution is -2.56. The number of aryl methyl sites for hydroxylation is 1. The molecule has 0 aromatic heterocycles. The third-order valence-electron chi connectivity index (χ3n) is 5.85. The molecule has 1 N–H and O–H groups in total. The molecular formula is C25H33N3O2. The van der Waals surface area contributed by atoms with Gasteiger partial charge in [-0.15, -0.1) is 0 Å². The summed E-state index contributed by atoms with van der Waals surface area (Å²) in [6.07, 6.45) is 1.02. The van der Waals surface area contributed by atoms with Crippen molar-refractivity contribution < 1.29 is 9.59 Å². The van der Waals surface area contributed by atoms with Gasteiger partial charge in [-0.3, -0.25) is 14.5 Å². The monoisotopic (exact) mass is 407 g/mol. The molecule has 3 rings (SSSR count). The number of nitrogens with zero attached hydrogens (tertiary/aromatic N) is 2. The number of hydrogen-bond acceptors (Lipinski definition) is 3. The van der Waals surface area contributed by atoms with Crippen LogP contribution in [0.25, 0.3) is 0 Å². The highest BCUT2D eigenvalue weighted by Gasteiger charge is 2.31. The second kappa shape index (κ2) is 10.4. The number of amides is 2. The Morgan fingerprint density at radius 1 is 0.933 bits per heavy atom. The van der Waals surface area contributed by atoms with Crippen molar-refractivity contribution in [1.82, 2.24) is 15.1 Å². The van der Waals surface area contributed by atoms with Gasteiger partial charge in [-0.1, -0.05) is 62.4 Å². The lowest BCUT2D eigenvalue weighted by Gasteiger charge is -2.37. The summed E-state index contributed by atoms with van der Waals surface area (Å²) in [5.74, 6) is -0.127. The van der Waals surface area contributed by atoms with Crippen LogP contribution in [0.3, 0.4) is 0 Å². The van der Waals surface area contributed by atoms with Crippen LogP contribution in [0, 0.1) is 12.8 Å². The summed E-state index contributed by atoms with van der Waals surface area (Å²) in [5.41, 5.74) is 2.88. The first-order valence-electron chi connectivity index (χ1n) is 10.9. The predicted molar refractivity (Wildman–Crippen MR) is 120 cm³/mol. The van der Waals surface area contributed by atoms with Gasteiger partial charge in [0, 0.05) is 38.3 Å². The first kappa shape index (κ1) is 22.0. The molecule has 0 radical (unpaired) electrons. The van der Waals surface area contributed by atoms with E-state index in [9.17, 15) is 9.59 Å². The Morgan fingerprint density at radius 3 is 2.20 bits per heavy atom. The van der Waals surface area contributed by atoms with Crippen LogP contribution in [0.2, 0.25) is 0 Å². The van der Waals surface area contributed by atoms with Gasteiger partial charge in [0.05, 0.1) is 0 Å². The minimum atomic E-state index is -0.507. The third-order valence-corrected chi connectivity index (χ3v) is 5.85. The molecular weight excluding hydrogens is 374 g/mol. The molecule has 5 heteroatoms. The summed E-state index contributed by atoms with van der Waals surface area (Å²) in [4.78, 5) is 30.2. The number of hydrogen-bond donors (Lipinski definition) is 1. The molecule has 2 amide bonds. The molecule has 2 aromatic carbocycles. The SMILES string of the molecule is Cc1ccccc1C(=O)N[C@H](C(=O)N1CCN(CCc2ccccc2)CC1)C(C)C. The fourth-order valence-corrected chi connectivity index (χ4v) is 3.88. The van der Waals surface area contributed by atoms with Crippen LogP contribution < -0.4 is 5.32 Å². The van der Waals surface area contributed by atoms with Crippen molar-refractivity contribution in [3.05, 3.63) is 71.3 Å². The number of rotatable bonds is 7. The van der Waals surface area contributed by atoms with Crippen molar-refractivity contribution in [1.29, 1.82) is 0 Å². The van der Waals surface area contributed by atoms with Gasteiger partial charge >= 0.3 is 0 Å². The molecule has 0 saturated carbocycles. The zero-order chi connectivity index (χ0) is 21.5. The first-order chi connectivity index (χ1) is 14.5. The number of carbonyl (C=O) groups is 2. The van der Waals surface area contributed by atoms with Crippen molar-refractivity contribution in [2.45, 2.75) is 33.2 Å². The second-order valence-electron chi connectivity index (χ2n) is 8.41. The first-order valence-corrected chi connectivity index (χ1v) is 10.9. The van der Waals surface area contributed by atoms with Gasteiger partial charge in [0.15, 0.2) is 0 Å². The molecule has 0 aliphatic carbocycles. The minimum Gasteiger partial charge on any atom is -0.340 e. The van der Waals surface area contributed by atoms with Gasteiger partial charge < -0.3 is 10.2 Å². The van der Waals surface area contributed by atoms with Crippen LogP contribution in [0.1, 0.15) is 35.3 Å². The largest absolute Gasteiger partial charge is 0.340 e. The third kappa shape index (κ3) is 5.70. The van der Waals surface area contributed by atoms with Crippen LogP contribution in [-0.2, 0) is 11.2 Å². The Labute approximate surface area is 180 Å². The highest BCUT2D eigenvalue weighted by atomic mass is 16.2. The average Bonchev–Trinajstić information content (AvgIpc) is 2.76. The lowest BCUT2D eigenvalue weighted by atomic mass is 10.0. The molecule has 1 aliphatic rings. The van der Waals surface area contributed by atoms with Crippen molar-refractivity contribution in [2.75, 3.05) is 32.7 Å². The van der Waals surface area contributed by atoms with Crippen LogP contribution >= 0.6 is 0 Å². The average molecular weight is 408 g/mol. The maximum absolute atomic E-state index is 13.2. The summed E-state index contributed by atoms with van der Waals surface area (Å²) < 4.78 is 0. The predicted octanol–water partition coefficient (Wildman–Crippen LogP) is 3.14. The van der Waals surface area contributed by atoms with E-state index in [0.717, 1.165) is 31.6 Å². The molecule has 1 saturated heterocycles. The smallest absolute Gasteiger partial charge is 0.252 e. The molecule has 1 heterocycles. The fourth-order valence-electron chi connectivity index (χ4n) is 3.88. The number of piperazine rings is 1. The number of carbonyl (C=O) groups excluding carboxylic acids is 2. The Morgan fingerprint density at radius 2 is 1.57 bits per heavy atom. The van der Waals surface area contributed by atoms with E-state index in [0.29, 0.717) is 18.7 Å². The highest BCUT2D eigenvalue weighted by Crippen LogP contribution is 2.13. The van der Waals surface area contributed by atoms with Crippen LogP contribution in [0.15, 0.2) is 54.6 Å². The topological polar surface area (TPSA) is 52.7 Å². The summed E-state index contributed by atoms with van der Waals surface area (Å²) >= 11 is 0. The maximum Gasteiger partial charge on any atom is 0.252 e. The molecule has 1 atom stereocenters. The summed E-state index contributed by atoms with van der Waals surface area (Å²) in [6.45, 7) is 10.0. The second-order valence-corrected chi connectivity index (χ2v) is 8.41. The van der Waals surface area contributed by atoms with E-state index in [2.05, 4.69) is 34.5 Å². The Bertz CT molecular complexity index is 842. The van der Waals surface area contributed by atoms with Crippen molar-refractivity contribution in [3.8, 4) is 0 Å². The molecule has 0 bridgehead atoms. The quantitative estimate of drug-likeness (QED) is 0.767. The molecule has 0 spiro atoms. The Balaban J connectivity index is 1.54. The van der Waals surface area contributed by atoms with Crippen LogP contribution in [-0.4, -0.2) is 60.4 Å². The lowest BCUT2D eigenvalue weighted by molar-refractivity contribution is -0.136. The van der Waals surface area contributed by atoms with Gasteiger partial charge in [0.2, 0.25) is 5.91 Å². The van der Waals surface area contributed by atoms with Gasteiger partial charge in [-0.25, -0.2) is 0 Å². The van der Waals surface area contributed by atoms with Gasteiger partial charge in [0.1, 0.15) is 6.04 Å². The zero-order valence-corrected chi connectivity index (χ0v) is 18.3. The summed E-state index contributed by atoms with van der Waals surface area (Å²) in [5, 5.41) is 2.98. The van der Waals surface area contributed by atoms with Crippen LogP contribution in [0.5, 0.6) is 0 Å². The van der Waals surface area contributed by atoms with Crippen LogP contribution in [0.4, 0.5) is 0 Å². The molecule has 160 valence electrons. The van der Waals surface area contributed by atoms with Crippen molar-refractivity contribution >= 4 is 11.8 Å². The van der Waals surface area contributed by atoms with Crippen molar-refractivity contribution in [2.24, 2.45) is 5.92 Å². The van der Waals surface area contributed by atoms with E-state index < -0.39 is 6.04 Å². The molecule has 0 unspecified atom stereocenters. The van der Waals surface area contributed by atoms with Crippen molar-refractivity contribution in [3.63, 3.8) is 0 Å². The van der Waals surface area contributed by atoms with Gasteiger partial charge in [-0.2, -0.15) is 0 Å². The molecule has 1 fully saturated rings. The summed E-state index contributed by atoms with van der Waals surface area (Å²) in [6, 6.07) is 17.5. The normalized spacial score (nSPS) is 15.8. The Kier molecular flexibility index (Phi) is 7.63. The van der Waals surface area contributed by atoms with Gasteiger partial charge in [-0.05, 0) is 36.5 Å².